The molecule has 0 aliphatic rings. The van der Waals surface area contributed by atoms with Gasteiger partial charge >= 0.3 is 5.97 Å². The van der Waals surface area contributed by atoms with E-state index in [1.165, 1.54) is 0 Å². The number of esters is 1. The van der Waals surface area contributed by atoms with E-state index in [0.717, 1.165) is 22.5 Å². The molecule has 3 rings (SSSR count). The first kappa shape index (κ1) is 24.7. The van der Waals surface area contributed by atoms with Crippen LogP contribution in [-0.4, -0.2) is 40.7 Å². The fourth-order valence-electron chi connectivity index (χ4n) is 3.34. The molecule has 2 aromatic carbocycles. The van der Waals surface area contributed by atoms with Crippen LogP contribution in [0.2, 0.25) is 0 Å². The van der Waals surface area contributed by atoms with Crippen molar-refractivity contribution in [2.75, 3.05) is 18.5 Å². The van der Waals surface area contributed by atoms with Crippen molar-refractivity contribution >= 4 is 23.6 Å². The Morgan fingerprint density at radius 3 is 2.24 bits per heavy atom. The first-order chi connectivity index (χ1) is 16.0. The fourth-order valence-corrected chi connectivity index (χ4v) is 3.34. The van der Waals surface area contributed by atoms with Gasteiger partial charge in [0, 0.05) is 17.0 Å². The number of amides is 2. The molecular formula is C26H30N4O4. The Bertz CT molecular complexity index is 1170. The Morgan fingerprint density at radius 2 is 1.62 bits per heavy atom. The molecule has 0 saturated carbocycles. The van der Waals surface area contributed by atoms with Gasteiger partial charge in [0.15, 0.2) is 6.61 Å². The third-order valence-electron chi connectivity index (χ3n) is 4.99. The van der Waals surface area contributed by atoms with Crippen LogP contribution in [-0.2, 0) is 19.7 Å². The van der Waals surface area contributed by atoms with Crippen LogP contribution in [0.3, 0.4) is 0 Å². The smallest absolute Gasteiger partial charge is 0.325 e. The third kappa shape index (κ3) is 6.54. The Hall–Kier alpha value is -3.94. The van der Waals surface area contributed by atoms with E-state index in [2.05, 4.69) is 15.7 Å². The van der Waals surface area contributed by atoms with Crippen LogP contribution in [0.5, 0.6) is 0 Å². The summed E-state index contributed by atoms with van der Waals surface area (Å²) in [6, 6.07) is 16.7. The Kier molecular flexibility index (Phi) is 7.50. The highest BCUT2D eigenvalue weighted by atomic mass is 16.5. The van der Waals surface area contributed by atoms with Gasteiger partial charge in [-0.05, 0) is 38.1 Å². The van der Waals surface area contributed by atoms with E-state index in [1.54, 1.807) is 22.9 Å². The van der Waals surface area contributed by atoms with Gasteiger partial charge < -0.3 is 15.4 Å². The van der Waals surface area contributed by atoms with E-state index < -0.39 is 18.5 Å². The molecule has 1 heterocycles. The number of rotatable bonds is 7. The summed E-state index contributed by atoms with van der Waals surface area (Å²) in [4.78, 5) is 36.8. The largest absolute Gasteiger partial charge is 0.454 e. The summed E-state index contributed by atoms with van der Waals surface area (Å²) in [7, 11) is 0. The lowest BCUT2D eigenvalue weighted by Crippen LogP contribution is -2.32. The van der Waals surface area contributed by atoms with E-state index in [0.29, 0.717) is 11.4 Å². The topological polar surface area (TPSA) is 102 Å². The number of anilines is 1. The van der Waals surface area contributed by atoms with E-state index in [-0.39, 0.29) is 17.9 Å². The second kappa shape index (κ2) is 10.3. The van der Waals surface area contributed by atoms with Crippen molar-refractivity contribution in [1.29, 1.82) is 0 Å². The van der Waals surface area contributed by atoms with Gasteiger partial charge in [-0.15, -0.1) is 0 Å². The molecule has 0 bridgehead atoms. The predicted octanol–water partition coefficient (Wildman–Crippen LogP) is 3.70. The molecule has 0 aliphatic heterocycles. The number of para-hydroxylation sites is 1. The third-order valence-corrected chi connectivity index (χ3v) is 4.99. The number of hydrogen-bond acceptors (Lipinski definition) is 5. The molecule has 0 fully saturated rings. The fraction of sp³-hybridized carbons (Fsp3) is 0.308. The number of nitrogens with zero attached hydrogens (tertiary/aromatic N) is 2. The predicted molar refractivity (Wildman–Crippen MR) is 130 cm³/mol. The molecule has 8 nitrogen and oxygen atoms in total. The number of ether oxygens (including phenoxy) is 1. The van der Waals surface area contributed by atoms with Crippen molar-refractivity contribution in [3.63, 3.8) is 0 Å². The molecule has 2 N–H and O–H groups in total. The van der Waals surface area contributed by atoms with E-state index >= 15 is 0 Å². The van der Waals surface area contributed by atoms with Crippen molar-refractivity contribution in [2.24, 2.45) is 0 Å². The van der Waals surface area contributed by atoms with Crippen LogP contribution in [0.25, 0.3) is 5.69 Å². The summed E-state index contributed by atoms with van der Waals surface area (Å²) >= 11 is 0. The SMILES string of the molecule is Cc1cc(C)cc(C(=O)NCC(=O)OCC(=O)Nc2cc(C(C)(C)C)nn2-c2ccccc2)c1. The molecular weight excluding hydrogens is 432 g/mol. The average molecular weight is 463 g/mol. The van der Waals surface area contributed by atoms with Crippen molar-refractivity contribution in [3.8, 4) is 5.69 Å². The maximum Gasteiger partial charge on any atom is 0.325 e. The summed E-state index contributed by atoms with van der Waals surface area (Å²) in [5.74, 6) is -1.12. The molecule has 0 spiro atoms. The van der Waals surface area contributed by atoms with Crippen LogP contribution in [0, 0.1) is 13.8 Å². The minimum absolute atomic E-state index is 0.222. The molecule has 3 aromatic rings. The maximum absolute atomic E-state index is 12.5. The average Bonchev–Trinajstić information content (AvgIpc) is 3.20. The normalized spacial score (nSPS) is 11.1. The zero-order valence-corrected chi connectivity index (χ0v) is 20.1. The number of nitrogens with one attached hydrogen (secondary N) is 2. The molecule has 0 atom stereocenters. The van der Waals surface area contributed by atoms with Crippen LogP contribution in [0.15, 0.2) is 54.6 Å². The Morgan fingerprint density at radius 1 is 0.971 bits per heavy atom. The maximum atomic E-state index is 12.5. The highest BCUT2D eigenvalue weighted by molar-refractivity contribution is 5.97. The molecule has 0 unspecified atom stereocenters. The summed E-state index contributed by atoms with van der Waals surface area (Å²) in [5.41, 5.74) is 3.74. The molecule has 178 valence electrons. The van der Waals surface area contributed by atoms with Gasteiger partial charge in [0.05, 0.1) is 11.4 Å². The molecule has 0 aliphatic carbocycles. The molecule has 0 radical (unpaired) electrons. The number of benzene rings is 2. The summed E-state index contributed by atoms with van der Waals surface area (Å²) < 4.78 is 6.68. The van der Waals surface area contributed by atoms with Gasteiger partial charge in [0.25, 0.3) is 11.8 Å². The minimum Gasteiger partial charge on any atom is -0.454 e. The standard InChI is InChI=1S/C26H30N4O4/c1-17-11-18(2)13-19(12-17)25(33)27-15-24(32)34-16-23(31)28-22-14-21(26(3,4)5)29-30(22)20-9-7-6-8-10-20/h6-14H,15-16H2,1-5H3,(H,27,33)(H,28,31). The van der Waals surface area contributed by atoms with Crippen LogP contribution in [0.4, 0.5) is 5.82 Å². The van der Waals surface area contributed by atoms with E-state index in [4.69, 9.17) is 4.74 Å². The number of aryl methyl sites for hydroxylation is 2. The lowest BCUT2D eigenvalue weighted by molar-refractivity contribution is -0.146. The van der Waals surface area contributed by atoms with Gasteiger partial charge in [-0.3, -0.25) is 14.4 Å². The molecule has 0 saturated heterocycles. The van der Waals surface area contributed by atoms with Crippen LogP contribution < -0.4 is 10.6 Å². The quantitative estimate of drug-likeness (QED) is 0.521. The molecule has 34 heavy (non-hydrogen) atoms. The second-order valence-electron chi connectivity index (χ2n) is 9.18. The number of carbonyl (C=O) groups is 3. The molecule has 1 aromatic heterocycles. The molecule has 8 heteroatoms. The van der Waals surface area contributed by atoms with Crippen LogP contribution in [0.1, 0.15) is 48.0 Å². The summed E-state index contributed by atoms with van der Waals surface area (Å²) in [6.07, 6.45) is 0. The van der Waals surface area contributed by atoms with E-state index in [1.807, 2.05) is 71.0 Å². The van der Waals surface area contributed by atoms with Gasteiger partial charge in [0.1, 0.15) is 12.4 Å². The van der Waals surface area contributed by atoms with Crippen molar-refractivity contribution in [2.45, 2.75) is 40.0 Å². The van der Waals surface area contributed by atoms with Crippen molar-refractivity contribution in [3.05, 3.63) is 77.0 Å². The molecule has 2 amide bonds. The summed E-state index contributed by atoms with van der Waals surface area (Å²) in [6.45, 7) is 9.06. The summed E-state index contributed by atoms with van der Waals surface area (Å²) in [5, 5.41) is 9.91. The highest BCUT2D eigenvalue weighted by Gasteiger charge is 2.22. The number of hydrogen-bond donors (Lipinski definition) is 2. The Labute approximate surface area is 199 Å². The monoisotopic (exact) mass is 462 g/mol. The second-order valence-corrected chi connectivity index (χ2v) is 9.18. The number of aromatic nitrogens is 2. The van der Waals surface area contributed by atoms with Crippen LogP contribution >= 0.6 is 0 Å². The highest BCUT2D eigenvalue weighted by Crippen LogP contribution is 2.26. The van der Waals surface area contributed by atoms with Gasteiger partial charge in [-0.1, -0.05) is 56.2 Å². The first-order valence-corrected chi connectivity index (χ1v) is 11.0. The van der Waals surface area contributed by atoms with Gasteiger partial charge in [-0.2, -0.15) is 5.10 Å². The van der Waals surface area contributed by atoms with Crippen molar-refractivity contribution < 1.29 is 19.1 Å². The van der Waals surface area contributed by atoms with Gasteiger partial charge in [0.2, 0.25) is 0 Å². The van der Waals surface area contributed by atoms with E-state index in [9.17, 15) is 14.4 Å². The lowest BCUT2D eigenvalue weighted by Gasteiger charge is -2.14. The lowest BCUT2D eigenvalue weighted by atomic mass is 9.92. The first-order valence-electron chi connectivity index (χ1n) is 11.0. The van der Waals surface area contributed by atoms with Crippen molar-refractivity contribution in [1.82, 2.24) is 15.1 Å². The zero-order chi connectivity index (χ0) is 24.9. The number of carbonyl (C=O) groups excluding carboxylic acids is 3. The minimum atomic E-state index is -0.708. The van der Waals surface area contributed by atoms with Gasteiger partial charge in [-0.25, -0.2) is 4.68 Å². The Balaban J connectivity index is 1.58. The zero-order valence-electron chi connectivity index (χ0n) is 20.1.